The molecular weight excluding hydrogens is 371 g/mol. The summed E-state index contributed by atoms with van der Waals surface area (Å²) in [7, 11) is 0. The summed E-state index contributed by atoms with van der Waals surface area (Å²) in [5.74, 6) is -4.32. The Hall–Kier alpha value is -3.66. The van der Waals surface area contributed by atoms with Crippen LogP contribution in [0.1, 0.15) is 11.1 Å². The Balaban J connectivity index is 2.43. The SMILES string of the molecule is Cc1ccc(Oc2c(F)cc(C(F)(F)F)cc2F)c(NN=C(C#N)C#N)c1. The first kappa shape index (κ1) is 19.7. The van der Waals surface area contributed by atoms with Crippen LogP contribution in [-0.4, -0.2) is 5.71 Å². The Morgan fingerprint density at radius 1 is 1.07 bits per heavy atom. The average molecular weight is 380 g/mol. The number of nitriles is 2. The monoisotopic (exact) mass is 380 g/mol. The summed E-state index contributed by atoms with van der Waals surface area (Å²) >= 11 is 0. The number of hydrazone groups is 1. The summed E-state index contributed by atoms with van der Waals surface area (Å²) in [5.41, 5.74) is 1.04. The van der Waals surface area contributed by atoms with E-state index in [0.717, 1.165) is 0 Å². The van der Waals surface area contributed by atoms with Crippen LogP contribution in [-0.2, 0) is 6.18 Å². The summed E-state index contributed by atoms with van der Waals surface area (Å²) in [6, 6.07) is 7.47. The molecule has 27 heavy (non-hydrogen) atoms. The Kier molecular flexibility index (Phi) is 5.61. The van der Waals surface area contributed by atoms with Crippen molar-refractivity contribution < 1.29 is 26.7 Å². The van der Waals surface area contributed by atoms with Gasteiger partial charge in [-0.05, 0) is 36.8 Å². The molecule has 5 nitrogen and oxygen atoms in total. The molecule has 0 atom stereocenters. The van der Waals surface area contributed by atoms with Crippen LogP contribution < -0.4 is 10.2 Å². The predicted octanol–water partition coefficient (Wildman–Crippen LogP) is 4.90. The number of aryl methyl sites for hydroxylation is 1. The van der Waals surface area contributed by atoms with Crippen molar-refractivity contribution in [3.8, 4) is 23.6 Å². The number of ether oxygens (including phenoxy) is 1. The lowest BCUT2D eigenvalue weighted by molar-refractivity contribution is -0.138. The normalized spacial score (nSPS) is 10.5. The molecule has 0 heterocycles. The largest absolute Gasteiger partial charge is 0.449 e. The second-order valence-electron chi connectivity index (χ2n) is 5.16. The third-order valence-electron chi connectivity index (χ3n) is 3.17. The molecule has 0 saturated carbocycles. The topological polar surface area (TPSA) is 81.2 Å². The minimum atomic E-state index is -4.92. The van der Waals surface area contributed by atoms with E-state index in [2.05, 4.69) is 10.5 Å². The molecule has 0 spiro atoms. The second kappa shape index (κ2) is 7.70. The second-order valence-corrected chi connectivity index (χ2v) is 5.16. The zero-order valence-corrected chi connectivity index (χ0v) is 13.5. The highest BCUT2D eigenvalue weighted by molar-refractivity contribution is 6.10. The number of nitrogens with one attached hydrogen (secondary N) is 1. The van der Waals surface area contributed by atoms with Crippen molar-refractivity contribution in [3.05, 3.63) is 53.1 Å². The fraction of sp³-hybridized carbons (Fsp3) is 0.118. The van der Waals surface area contributed by atoms with Gasteiger partial charge in [0.15, 0.2) is 23.1 Å². The van der Waals surface area contributed by atoms with Crippen LogP contribution >= 0.6 is 0 Å². The molecule has 138 valence electrons. The van der Waals surface area contributed by atoms with E-state index in [4.69, 9.17) is 15.3 Å². The van der Waals surface area contributed by atoms with Crippen LogP contribution in [0.25, 0.3) is 0 Å². The number of anilines is 1. The molecule has 0 aliphatic carbocycles. The van der Waals surface area contributed by atoms with Gasteiger partial charge in [-0.3, -0.25) is 5.43 Å². The lowest BCUT2D eigenvalue weighted by Crippen LogP contribution is -2.07. The standard InChI is InChI=1S/C17H9F5N4O/c1-9-2-3-15(14(4-9)26-25-11(7-23)8-24)27-16-12(18)5-10(6-13(16)19)17(20,21)22/h2-6,26H,1H3. The maximum atomic E-state index is 14.0. The van der Waals surface area contributed by atoms with E-state index in [1.165, 1.54) is 30.3 Å². The summed E-state index contributed by atoms with van der Waals surface area (Å²) in [6.07, 6.45) is -4.92. The summed E-state index contributed by atoms with van der Waals surface area (Å²) in [4.78, 5) is 0. The highest BCUT2D eigenvalue weighted by Crippen LogP contribution is 2.37. The van der Waals surface area contributed by atoms with E-state index >= 15 is 0 Å². The molecule has 0 aliphatic heterocycles. The highest BCUT2D eigenvalue weighted by Gasteiger charge is 2.33. The molecule has 2 aromatic rings. The van der Waals surface area contributed by atoms with E-state index in [1.807, 2.05) is 0 Å². The van der Waals surface area contributed by atoms with Crippen molar-refractivity contribution in [3.63, 3.8) is 0 Å². The molecule has 0 aromatic heterocycles. The van der Waals surface area contributed by atoms with Gasteiger partial charge in [-0.15, -0.1) is 0 Å². The van der Waals surface area contributed by atoms with Gasteiger partial charge in [0.25, 0.3) is 0 Å². The highest BCUT2D eigenvalue weighted by atomic mass is 19.4. The van der Waals surface area contributed by atoms with Crippen LogP contribution in [0, 0.1) is 41.2 Å². The van der Waals surface area contributed by atoms with Gasteiger partial charge in [-0.1, -0.05) is 6.07 Å². The molecule has 2 aromatic carbocycles. The van der Waals surface area contributed by atoms with Gasteiger partial charge in [-0.2, -0.15) is 28.8 Å². The van der Waals surface area contributed by atoms with Gasteiger partial charge in [0.05, 0.1) is 11.3 Å². The first-order valence-corrected chi connectivity index (χ1v) is 7.14. The molecule has 0 radical (unpaired) electrons. The lowest BCUT2D eigenvalue weighted by atomic mass is 10.2. The van der Waals surface area contributed by atoms with Crippen molar-refractivity contribution >= 4 is 11.4 Å². The molecule has 1 N–H and O–H groups in total. The van der Waals surface area contributed by atoms with Gasteiger partial charge in [0.1, 0.15) is 12.1 Å². The summed E-state index contributed by atoms with van der Waals surface area (Å²) in [6.45, 7) is 1.67. The first-order chi connectivity index (χ1) is 12.7. The molecule has 0 unspecified atom stereocenters. The van der Waals surface area contributed by atoms with Gasteiger partial charge >= 0.3 is 6.18 Å². The fourth-order valence-corrected chi connectivity index (χ4v) is 1.94. The number of rotatable bonds is 4. The molecule has 10 heteroatoms. The Morgan fingerprint density at radius 3 is 2.19 bits per heavy atom. The number of hydrogen-bond acceptors (Lipinski definition) is 5. The van der Waals surface area contributed by atoms with E-state index in [1.54, 1.807) is 6.92 Å². The van der Waals surface area contributed by atoms with Crippen LogP contribution in [0.3, 0.4) is 0 Å². The number of benzene rings is 2. The van der Waals surface area contributed by atoms with E-state index in [9.17, 15) is 22.0 Å². The van der Waals surface area contributed by atoms with Crippen molar-refractivity contribution in [2.24, 2.45) is 5.10 Å². The first-order valence-electron chi connectivity index (χ1n) is 7.14. The molecule has 0 aliphatic rings. The number of hydrogen-bond donors (Lipinski definition) is 1. The maximum Gasteiger partial charge on any atom is 0.416 e. The van der Waals surface area contributed by atoms with Crippen molar-refractivity contribution in [2.75, 3.05) is 5.43 Å². The van der Waals surface area contributed by atoms with E-state index < -0.39 is 34.8 Å². The minimum Gasteiger partial charge on any atom is -0.449 e. The zero-order chi connectivity index (χ0) is 20.2. The Labute approximate surface area is 149 Å². The predicted molar refractivity (Wildman–Crippen MR) is 84.9 cm³/mol. The van der Waals surface area contributed by atoms with Crippen molar-refractivity contribution in [1.82, 2.24) is 0 Å². The molecular formula is C17H9F5N4O. The molecule has 0 saturated heterocycles. The van der Waals surface area contributed by atoms with Gasteiger partial charge < -0.3 is 4.74 Å². The fourth-order valence-electron chi connectivity index (χ4n) is 1.94. The van der Waals surface area contributed by atoms with Gasteiger partial charge in [0.2, 0.25) is 5.71 Å². The smallest absolute Gasteiger partial charge is 0.416 e. The van der Waals surface area contributed by atoms with Gasteiger partial charge in [0, 0.05) is 0 Å². The van der Waals surface area contributed by atoms with E-state index in [0.29, 0.717) is 5.56 Å². The zero-order valence-electron chi connectivity index (χ0n) is 13.5. The molecule has 0 bridgehead atoms. The third-order valence-corrected chi connectivity index (χ3v) is 3.17. The number of nitrogens with zero attached hydrogens (tertiary/aromatic N) is 3. The van der Waals surface area contributed by atoms with Gasteiger partial charge in [-0.25, -0.2) is 8.78 Å². The molecule has 2 rings (SSSR count). The quantitative estimate of drug-likeness (QED) is 0.465. The van der Waals surface area contributed by atoms with Crippen LogP contribution in [0.2, 0.25) is 0 Å². The molecule has 0 fully saturated rings. The number of halogens is 5. The van der Waals surface area contributed by atoms with E-state index in [-0.39, 0.29) is 23.6 Å². The molecule has 0 amide bonds. The third kappa shape index (κ3) is 4.70. The Morgan fingerprint density at radius 2 is 1.67 bits per heavy atom. The van der Waals surface area contributed by atoms with Crippen molar-refractivity contribution in [1.29, 1.82) is 10.5 Å². The minimum absolute atomic E-state index is 0.0386. The lowest BCUT2D eigenvalue weighted by Gasteiger charge is -2.14. The average Bonchev–Trinajstić information content (AvgIpc) is 2.59. The summed E-state index contributed by atoms with van der Waals surface area (Å²) < 4.78 is 70.8. The van der Waals surface area contributed by atoms with Crippen LogP contribution in [0.5, 0.6) is 11.5 Å². The Bertz CT molecular complexity index is 947. The number of alkyl halides is 3. The maximum absolute atomic E-state index is 14.0. The van der Waals surface area contributed by atoms with Crippen LogP contribution in [0.15, 0.2) is 35.4 Å². The summed E-state index contributed by atoms with van der Waals surface area (Å²) in [5, 5.41) is 20.8. The van der Waals surface area contributed by atoms with Crippen LogP contribution in [0.4, 0.5) is 27.6 Å². The van der Waals surface area contributed by atoms with Crippen molar-refractivity contribution in [2.45, 2.75) is 13.1 Å².